The van der Waals surface area contributed by atoms with Gasteiger partial charge < -0.3 is 15.6 Å². The summed E-state index contributed by atoms with van der Waals surface area (Å²) in [6.45, 7) is 2.27. The van der Waals surface area contributed by atoms with E-state index < -0.39 is 0 Å². The molecule has 0 saturated heterocycles. The van der Waals surface area contributed by atoms with E-state index in [0.717, 1.165) is 17.5 Å². The van der Waals surface area contributed by atoms with E-state index in [1.54, 1.807) is 30.3 Å². The zero-order chi connectivity index (χ0) is 15.2. The number of ether oxygens (including phenoxy) is 1. The van der Waals surface area contributed by atoms with E-state index in [9.17, 15) is 9.50 Å². The van der Waals surface area contributed by atoms with Crippen LogP contribution in [-0.2, 0) is 13.0 Å². The minimum atomic E-state index is -0.380. The Labute approximate surface area is 124 Å². The lowest BCUT2D eigenvalue weighted by molar-refractivity contribution is 0.290. The average molecular weight is 289 g/mol. The van der Waals surface area contributed by atoms with Crippen LogP contribution in [0.1, 0.15) is 24.5 Å². The van der Waals surface area contributed by atoms with Crippen LogP contribution in [0.3, 0.4) is 0 Å². The fourth-order valence-corrected chi connectivity index (χ4v) is 1.99. The molecule has 3 nitrogen and oxygen atoms in total. The van der Waals surface area contributed by atoms with E-state index >= 15 is 0 Å². The summed E-state index contributed by atoms with van der Waals surface area (Å²) in [5.74, 6) is 0.0352. The molecule has 2 aromatic carbocycles. The number of hydrogen-bond acceptors (Lipinski definition) is 3. The number of phenols is 1. The summed E-state index contributed by atoms with van der Waals surface area (Å²) in [6, 6.07) is 11.6. The van der Waals surface area contributed by atoms with Gasteiger partial charge in [0.05, 0.1) is 0 Å². The van der Waals surface area contributed by atoms with Gasteiger partial charge in [0, 0.05) is 6.04 Å². The largest absolute Gasteiger partial charge is 0.508 e. The van der Waals surface area contributed by atoms with Gasteiger partial charge in [0.1, 0.15) is 12.4 Å². The topological polar surface area (TPSA) is 55.5 Å². The number of phenolic OH excluding ortho intramolecular Hbond substituents is 1. The van der Waals surface area contributed by atoms with Crippen LogP contribution in [-0.4, -0.2) is 11.1 Å². The zero-order valence-electron chi connectivity index (χ0n) is 12.1. The second-order valence-corrected chi connectivity index (χ2v) is 5.09. The standard InChI is InChI=1S/C17H20FNO2/c1-2-14(19)9-13-5-8-17(16(18)10-13)21-11-12-3-6-15(20)7-4-12/h3-8,10,14,20H,2,9,11,19H2,1H3. The summed E-state index contributed by atoms with van der Waals surface area (Å²) >= 11 is 0. The molecule has 0 saturated carbocycles. The summed E-state index contributed by atoms with van der Waals surface area (Å²) < 4.78 is 19.4. The first-order valence-corrected chi connectivity index (χ1v) is 7.03. The molecule has 0 aromatic heterocycles. The van der Waals surface area contributed by atoms with Crippen molar-refractivity contribution in [2.75, 3.05) is 0 Å². The van der Waals surface area contributed by atoms with Gasteiger partial charge in [0.2, 0.25) is 0 Å². The van der Waals surface area contributed by atoms with Crippen LogP contribution < -0.4 is 10.5 Å². The maximum atomic E-state index is 14.0. The van der Waals surface area contributed by atoms with E-state index in [1.807, 2.05) is 13.0 Å². The molecular weight excluding hydrogens is 269 g/mol. The monoisotopic (exact) mass is 289 g/mol. The van der Waals surface area contributed by atoms with Crippen molar-refractivity contribution in [1.29, 1.82) is 0 Å². The van der Waals surface area contributed by atoms with E-state index in [1.165, 1.54) is 6.07 Å². The molecule has 0 aliphatic rings. The molecule has 0 fully saturated rings. The van der Waals surface area contributed by atoms with E-state index in [4.69, 9.17) is 10.5 Å². The van der Waals surface area contributed by atoms with Crippen LogP contribution >= 0.6 is 0 Å². The first-order valence-electron chi connectivity index (χ1n) is 7.03. The molecule has 0 aliphatic carbocycles. The van der Waals surface area contributed by atoms with Crippen molar-refractivity contribution < 1.29 is 14.2 Å². The van der Waals surface area contributed by atoms with Gasteiger partial charge in [-0.2, -0.15) is 0 Å². The zero-order valence-corrected chi connectivity index (χ0v) is 12.1. The maximum Gasteiger partial charge on any atom is 0.165 e. The fourth-order valence-electron chi connectivity index (χ4n) is 1.99. The van der Waals surface area contributed by atoms with Crippen LogP contribution in [0.2, 0.25) is 0 Å². The van der Waals surface area contributed by atoms with E-state index in [-0.39, 0.29) is 30.0 Å². The second kappa shape index (κ2) is 7.09. The molecule has 3 N–H and O–H groups in total. The molecule has 0 spiro atoms. The Balaban J connectivity index is 1.99. The Kier molecular flexibility index (Phi) is 5.17. The Hall–Kier alpha value is -2.07. The van der Waals surface area contributed by atoms with Crippen molar-refractivity contribution in [2.24, 2.45) is 5.73 Å². The lowest BCUT2D eigenvalue weighted by Gasteiger charge is -2.11. The first-order chi connectivity index (χ1) is 10.1. The Morgan fingerprint density at radius 3 is 2.43 bits per heavy atom. The molecule has 21 heavy (non-hydrogen) atoms. The number of halogens is 1. The molecule has 2 rings (SSSR count). The molecule has 4 heteroatoms. The minimum absolute atomic E-state index is 0.0492. The Morgan fingerprint density at radius 2 is 1.81 bits per heavy atom. The number of rotatable bonds is 6. The van der Waals surface area contributed by atoms with Gasteiger partial charge in [-0.3, -0.25) is 0 Å². The van der Waals surface area contributed by atoms with Gasteiger partial charge >= 0.3 is 0 Å². The van der Waals surface area contributed by atoms with E-state index in [0.29, 0.717) is 6.42 Å². The summed E-state index contributed by atoms with van der Waals surface area (Å²) in [7, 11) is 0. The average Bonchev–Trinajstić information content (AvgIpc) is 2.48. The predicted octanol–water partition coefficient (Wildman–Crippen LogP) is 3.39. The normalized spacial score (nSPS) is 12.1. The van der Waals surface area contributed by atoms with Gasteiger partial charge in [-0.15, -0.1) is 0 Å². The van der Waals surface area contributed by atoms with Crippen molar-refractivity contribution in [3.63, 3.8) is 0 Å². The van der Waals surface area contributed by atoms with Gasteiger partial charge in [-0.25, -0.2) is 4.39 Å². The molecular formula is C17H20FNO2. The Bertz CT molecular complexity index is 584. The fraction of sp³-hybridized carbons (Fsp3) is 0.294. The molecule has 0 amide bonds. The van der Waals surface area contributed by atoms with Crippen molar-refractivity contribution in [3.05, 3.63) is 59.4 Å². The molecule has 0 aliphatic heterocycles. The lowest BCUT2D eigenvalue weighted by atomic mass is 10.0. The van der Waals surface area contributed by atoms with Gasteiger partial charge in [0.25, 0.3) is 0 Å². The van der Waals surface area contributed by atoms with Gasteiger partial charge in [-0.05, 0) is 48.2 Å². The first kappa shape index (κ1) is 15.3. The van der Waals surface area contributed by atoms with Crippen molar-refractivity contribution in [1.82, 2.24) is 0 Å². The van der Waals surface area contributed by atoms with Crippen molar-refractivity contribution >= 4 is 0 Å². The van der Waals surface area contributed by atoms with E-state index in [2.05, 4.69) is 0 Å². The van der Waals surface area contributed by atoms with Crippen LogP contribution in [0.15, 0.2) is 42.5 Å². The number of aromatic hydroxyl groups is 1. The summed E-state index contributed by atoms with van der Waals surface area (Å²) in [5.41, 5.74) is 7.60. The van der Waals surface area contributed by atoms with Crippen LogP contribution in [0.4, 0.5) is 4.39 Å². The van der Waals surface area contributed by atoms with Crippen molar-refractivity contribution in [3.8, 4) is 11.5 Å². The summed E-state index contributed by atoms with van der Waals surface area (Å²) in [4.78, 5) is 0. The second-order valence-electron chi connectivity index (χ2n) is 5.09. The van der Waals surface area contributed by atoms with Crippen LogP contribution in [0, 0.1) is 5.82 Å². The van der Waals surface area contributed by atoms with Crippen molar-refractivity contribution in [2.45, 2.75) is 32.4 Å². The van der Waals surface area contributed by atoms with Crippen LogP contribution in [0.25, 0.3) is 0 Å². The van der Waals surface area contributed by atoms with Crippen LogP contribution in [0.5, 0.6) is 11.5 Å². The number of hydrogen-bond donors (Lipinski definition) is 2. The molecule has 2 aromatic rings. The summed E-state index contributed by atoms with van der Waals surface area (Å²) in [5, 5.41) is 9.20. The highest BCUT2D eigenvalue weighted by molar-refractivity contribution is 5.31. The third-order valence-corrected chi connectivity index (χ3v) is 3.35. The molecule has 112 valence electrons. The van der Waals surface area contributed by atoms with Gasteiger partial charge in [0.15, 0.2) is 11.6 Å². The number of benzene rings is 2. The predicted molar refractivity (Wildman–Crippen MR) is 80.8 cm³/mol. The SMILES string of the molecule is CCC(N)Cc1ccc(OCc2ccc(O)cc2)c(F)c1. The highest BCUT2D eigenvalue weighted by atomic mass is 19.1. The third kappa shape index (κ3) is 4.46. The van der Waals surface area contributed by atoms with Gasteiger partial charge in [-0.1, -0.05) is 25.1 Å². The smallest absolute Gasteiger partial charge is 0.165 e. The molecule has 0 heterocycles. The molecule has 0 radical (unpaired) electrons. The highest BCUT2D eigenvalue weighted by Gasteiger charge is 2.08. The number of nitrogens with two attached hydrogens (primary N) is 1. The molecule has 1 atom stereocenters. The minimum Gasteiger partial charge on any atom is -0.508 e. The summed E-state index contributed by atoms with van der Waals surface area (Å²) in [6.07, 6.45) is 1.52. The maximum absolute atomic E-state index is 14.0. The third-order valence-electron chi connectivity index (χ3n) is 3.35. The quantitative estimate of drug-likeness (QED) is 0.857. The molecule has 1 unspecified atom stereocenters. The molecule has 0 bridgehead atoms. The highest BCUT2D eigenvalue weighted by Crippen LogP contribution is 2.21. The lowest BCUT2D eigenvalue weighted by Crippen LogP contribution is -2.21. The Morgan fingerprint density at radius 1 is 1.14 bits per heavy atom.